The molecule has 2 amide bonds. The number of rotatable bonds is 3. The van der Waals surface area contributed by atoms with Gasteiger partial charge in [-0.3, -0.25) is 9.59 Å². The highest BCUT2D eigenvalue weighted by atomic mass is 16.7. The minimum atomic E-state index is -0.327. The Morgan fingerprint density at radius 3 is 2.40 bits per heavy atom. The van der Waals surface area contributed by atoms with Crippen molar-refractivity contribution in [3.05, 3.63) is 0 Å². The number of fused-ring (bicyclic) bond motifs is 7. The lowest BCUT2D eigenvalue weighted by Gasteiger charge is -2.61. The van der Waals surface area contributed by atoms with Crippen LogP contribution in [0.15, 0.2) is 0 Å². The topological polar surface area (TPSA) is 77.1 Å². The van der Waals surface area contributed by atoms with E-state index >= 15 is 0 Å². The van der Waals surface area contributed by atoms with Crippen molar-refractivity contribution in [1.82, 2.24) is 10.2 Å². The van der Waals surface area contributed by atoms with Crippen molar-refractivity contribution in [3.8, 4) is 0 Å². The summed E-state index contributed by atoms with van der Waals surface area (Å²) >= 11 is 0. The Balaban J connectivity index is 0.890. The molecule has 0 aromatic heterocycles. The van der Waals surface area contributed by atoms with Gasteiger partial charge in [0, 0.05) is 31.5 Å². The fourth-order valence-electron chi connectivity index (χ4n) is 12.4. The van der Waals surface area contributed by atoms with E-state index in [1.807, 2.05) is 4.90 Å². The summed E-state index contributed by atoms with van der Waals surface area (Å²) in [5, 5.41) is 3.29. The first-order chi connectivity index (χ1) is 20.0. The van der Waals surface area contributed by atoms with Crippen LogP contribution in [0.1, 0.15) is 98.3 Å². The highest BCUT2D eigenvalue weighted by Gasteiger charge is 2.69. The monoisotopic (exact) mass is 582 g/mol. The molecule has 8 aliphatic rings. The lowest BCUT2D eigenvalue weighted by molar-refractivity contribution is -0.273. The van der Waals surface area contributed by atoms with Crippen LogP contribution in [0.25, 0.3) is 0 Å². The fraction of sp³-hybridized carbons (Fsp3) is 0.943. The largest absolute Gasteiger partial charge is 0.380 e. The fourth-order valence-corrected chi connectivity index (χ4v) is 12.4. The highest BCUT2D eigenvalue weighted by Crippen LogP contribution is 2.71. The van der Waals surface area contributed by atoms with Crippen LogP contribution in [0.5, 0.6) is 0 Å². The summed E-state index contributed by atoms with van der Waals surface area (Å²) in [4.78, 5) is 27.4. The van der Waals surface area contributed by atoms with E-state index in [1.54, 1.807) is 0 Å². The van der Waals surface area contributed by atoms with Crippen molar-refractivity contribution in [2.45, 2.75) is 116 Å². The summed E-state index contributed by atoms with van der Waals surface area (Å²) in [7, 11) is 0. The van der Waals surface area contributed by atoms with Crippen molar-refractivity contribution >= 4 is 11.8 Å². The minimum absolute atomic E-state index is 0.00544. The van der Waals surface area contributed by atoms with E-state index in [0.717, 1.165) is 69.9 Å². The number of nitrogens with zero attached hydrogens (tertiary/aromatic N) is 1. The first kappa shape index (κ1) is 28.3. The number of carbonyl (C=O) groups excluding carboxylic acids is 2. The third kappa shape index (κ3) is 4.07. The average Bonchev–Trinajstić information content (AvgIpc) is 3.34. The van der Waals surface area contributed by atoms with Gasteiger partial charge in [-0.1, -0.05) is 27.7 Å². The van der Waals surface area contributed by atoms with E-state index in [0.29, 0.717) is 40.6 Å². The summed E-state index contributed by atoms with van der Waals surface area (Å²) in [6.07, 6.45) is 12.5. The second kappa shape index (κ2) is 9.66. The number of likely N-dealkylation sites (tertiary alicyclic amines) is 1. The molecule has 4 saturated heterocycles. The molecule has 7 nitrogen and oxygen atoms in total. The summed E-state index contributed by atoms with van der Waals surface area (Å²) < 4.78 is 18.8. The van der Waals surface area contributed by atoms with Crippen molar-refractivity contribution in [1.29, 1.82) is 0 Å². The molecule has 4 heterocycles. The molecular weight excluding hydrogens is 528 g/mol. The smallest absolute Gasteiger partial charge is 0.232 e. The number of nitrogens with one attached hydrogen (secondary N) is 1. The molecule has 1 N–H and O–H groups in total. The Hall–Kier alpha value is -1.18. The molecule has 42 heavy (non-hydrogen) atoms. The number of ether oxygens (including phenoxy) is 3. The van der Waals surface area contributed by atoms with Crippen LogP contribution in [-0.4, -0.2) is 67.6 Å². The van der Waals surface area contributed by atoms with Crippen LogP contribution in [0.4, 0.5) is 0 Å². The van der Waals surface area contributed by atoms with Crippen LogP contribution in [0, 0.1) is 57.7 Å². The molecule has 8 fully saturated rings. The third-order valence-corrected chi connectivity index (χ3v) is 14.8. The maximum absolute atomic E-state index is 12.9. The number of hydrogen-bond acceptors (Lipinski definition) is 5. The standard InChI is InChI=1S/C35H54N2O5/c1-21-7-12-35(41-16-21)22(2)31-28(42-35)14-27-25-6-5-23-13-24(8-10-32(23,3)26(25)9-11-33(27,31)4)36-29(38)15-30(39)37-17-34(18-37)19-40-20-34/h21-28,31H,5-20H2,1-4H3,(H,36,38)/t21-,22-,23+,24+,25+,26-,27-,28-,31-,32-,33-,35+/m0/s1. The predicted molar refractivity (Wildman–Crippen MR) is 158 cm³/mol. The number of carbonyl (C=O) groups is 2. The van der Waals surface area contributed by atoms with Gasteiger partial charge in [0.2, 0.25) is 11.8 Å². The second-order valence-corrected chi connectivity index (χ2v) is 17.1. The van der Waals surface area contributed by atoms with E-state index in [9.17, 15) is 9.59 Å². The maximum Gasteiger partial charge on any atom is 0.232 e. The first-order valence-electron chi connectivity index (χ1n) is 17.5. The van der Waals surface area contributed by atoms with Crippen molar-refractivity contribution in [3.63, 3.8) is 0 Å². The molecule has 0 aromatic rings. The van der Waals surface area contributed by atoms with Crippen molar-refractivity contribution in [2.24, 2.45) is 57.7 Å². The van der Waals surface area contributed by atoms with E-state index in [2.05, 4.69) is 33.0 Å². The zero-order valence-electron chi connectivity index (χ0n) is 26.5. The van der Waals surface area contributed by atoms with Gasteiger partial charge >= 0.3 is 0 Å². The molecule has 234 valence electrons. The van der Waals surface area contributed by atoms with Crippen LogP contribution < -0.4 is 5.32 Å². The Kier molecular flexibility index (Phi) is 6.51. The van der Waals surface area contributed by atoms with Gasteiger partial charge < -0.3 is 24.4 Å². The molecule has 4 aliphatic carbocycles. The molecule has 4 aliphatic heterocycles. The number of amides is 2. The van der Waals surface area contributed by atoms with E-state index in [1.165, 1.54) is 44.9 Å². The Labute approximate surface area is 252 Å². The summed E-state index contributed by atoms with van der Waals surface area (Å²) in [5.74, 6) is 4.35. The van der Waals surface area contributed by atoms with Gasteiger partial charge in [-0.15, -0.1) is 0 Å². The van der Waals surface area contributed by atoms with E-state index < -0.39 is 0 Å². The molecule has 0 bridgehead atoms. The molecule has 4 saturated carbocycles. The van der Waals surface area contributed by atoms with Gasteiger partial charge in [0.15, 0.2) is 5.79 Å². The van der Waals surface area contributed by atoms with Gasteiger partial charge in [0.1, 0.15) is 6.42 Å². The molecule has 2 spiro atoms. The van der Waals surface area contributed by atoms with Crippen LogP contribution >= 0.6 is 0 Å². The van der Waals surface area contributed by atoms with Gasteiger partial charge in [-0.2, -0.15) is 0 Å². The van der Waals surface area contributed by atoms with Crippen LogP contribution in [-0.2, 0) is 23.8 Å². The second-order valence-electron chi connectivity index (χ2n) is 17.1. The molecule has 0 unspecified atom stereocenters. The maximum atomic E-state index is 12.9. The summed E-state index contributed by atoms with van der Waals surface area (Å²) in [6.45, 7) is 13.9. The molecule has 0 radical (unpaired) electrons. The predicted octanol–water partition coefficient (Wildman–Crippen LogP) is 5.17. The van der Waals surface area contributed by atoms with E-state index in [-0.39, 0.29) is 35.5 Å². The third-order valence-electron chi connectivity index (χ3n) is 14.8. The minimum Gasteiger partial charge on any atom is -0.380 e. The molecule has 7 heteroatoms. The zero-order chi connectivity index (χ0) is 29.1. The van der Waals surface area contributed by atoms with E-state index in [4.69, 9.17) is 14.2 Å². The Morgan fingerprint density at radius 2 is 1.69 bits per heavy atom. The average molecular weight is 583 g/mol. The van der Waals surface area contributed by atoms with Crippen molar-refractivity contribution in [2.75, 3.05) is 32.9 Å². The molecule has 12 atom stereocenters. The van der Waals surface area contributed by atoms with Crippen LogP contribution in [0.2, 0.25) is 0 Å². The zero-order valence-corrected chi connectivity index (χ0v) is 26.5. The lowest BCUT2D eigenvalue weighted by Crippen LogP contribution is -2.67. The normalized spacial score (nSPS) is 52.0. The first-order valence-corrected chi connectivity index (χ1v) is 17.5. The highest BCUT2D eigenvalue weighted by molar-refractivity contribution is 5.97. The lowest BCUT2D eigenvalue weighted by atomic mass is 9.44. The van der Waals surface area contributed by atoms with Crippen molar-refractivity contribution < 1.29 is 23.8 Å². The molecular formula is C35H54N2O5. The Bertz CT molecular complexity index is 1110. The molecule has 0 aromatic carbocycles. The van der Waals surface area contributed by atoms with Gasteiger partial charge in [0.25, 0.3) is 0 Å². The van der Waals surface area contributed by atoms with Gasteiger partial charge in [-0.05, 0) is 104 Å². The summed E-state index contributed by atoms with van der Waals surface area (Å²) in [5.41, 5.74) is 0.929. The molecule has 8 rings (SSSR count). The SMILES string of the molecule is C[C@H]1CC[C@@]2(OC1)O[C@H]1C[C@H]3[C@@H]4CC[C@@H]5C[C@H](NC(=O)CC(=O)N6CC7(COC7)C6)CC[C@]5(C)[C@H]4CC[C@]3(C)[C@H]1[C@@H]2C. The quantitative estimate of drug-likeness (QED) is 0.465. The Morgan fingerprint density at radius 1 is 0.905 bits per heavy atom. The van der Waals surface area contributed by atoms with Gasteiger partial charge in [0.05, 0.1) is 31.3 Å². The van der Waals surface area contributed by atoms with Gasteiger partial charge in [-0.25, -0.2) is 0 Å². The van der Waals surface area contributed by atoms with Crippen LogP contribution in [0.3, 0.4) is 0 Å². The number of hydrogen-bond donors (Lipinski definition) is 1. The summed E-state index contributed by atoms with van der Waals surface area (Å²) in [6, 6.07) is 0.214.